The van der Waals surface area contributed by atoms with Crippen LogP contribution in [0.4, 0.5) is 22.0 Å². The zero-order valence-corrected chi connectivity index (χ0v) is 10.9. The fourth-order valence-corrected chi connectivity index (χ4v) is 2.23. The van der Waals surface area contributed by atoms with Crippen molar-refractivity contribution in [3.8, 4) is 11.5 Å². The molecule has 0 radical (unpaired) electrons. The van der Waals surface area contributed by atoms with E-state index in [4.69, 9.17) is 0 Å². The monoisotopic (exact) mass is 384 g/mol. The topological polar surface area (TPSA) is 18.5 Å². The Kier molecular flexibility index (Phi) is 4.59. The van der Waals surface area contributed by atoms with E-state index in [1.165, 1.54) is 0 Å². The van der Waals surface area contributed by atoms with Crippen LogP contribution >= 0.6 is 31.9 Å². The fraction of sp³-hybridized carbons (Fsp3) is 0.250. The molecule has 1 rings (SSSR count). The van der Waals surface area contributed by atoms with Gasteiger partial charge < -0.3 is 9.47 Å². The standard InChI is InChI=1S/C8H3Br2F5O2/c9-4-1-3(16-7(11)12)2-5(10)6(4)17-8(13,14)15/h1-2,7H. The SMILES string of the molecule is FC(F)Oc1cc(Br)c(OC(F)(F)F)c(Br)c1. The molecule has 0 N–H and O–H groups in total. The van der Waals surface area contributed by atoms with Gasteiger partial charge in [0.25, 0.3) is 0 Å². The molecule has 0 saturated heterocycles. The Morgan fingerprint density at radius 3 is 1.88 bits per heavy atom. The zero-order chi connectivity index (χ0) is 13.2. The highest BCUT2D eigenvalue weighted by atomic mass is 79.9. The average molecular weight is 386 g/mol. The number of benzene rings is 1. The lowest BCUT2D eigenvalue weighted by atomic mass is 10.3. The van der Waals surface area contributed by atoms with E-state index in [9.17, 15) is 22.0 Å². The third-order valence-electron chi connectivity index (χ3n) is 1.41. The molecule has 17 heavy (non-hydrogen) atoms. The number of hydrogen-bond acceptors (Lipinski definition) is 2. The Hall–Kier alpha value is -0.570. The Balaban J connectivity index is 3.02. The van der Waals surface area contributed by atoms with E-state index in [0.29, 0.717) is 0 Å². The summed E-state index contributed by atoms with van der Waals surface area (Å²) >= 11 is 5.52. The van der Waals surface area contributed by atoms with E-state index in [1.807, 2.05) is 0 Å². The van der Waals surface area contributed by atoms with Gasteiger partial charge in [-0.1, -0.05) is 0 Å². The predicted octanol–water partition coefficient (Wildman–Crippen LogP) is 4.71. The van der Waals surface area contributed by atoms with E-state index >= 15 is 0 Å². The molecule has 0 aliphatic carbocycles. The number of rotatable bonds is 3. The van der Waals surface area contributed by atoms with Crippen LogP contribution in [0.25, 0.3) is 0 Å². The van der Waals surface area contributed by atoms with Crippen LogP contribution in [-0.4, -0.2) is 13.0 Å². The Labute approximate surface area is 109 Å². The van der Waals surface area contributed by atoms with E-state index in [2.05, 4.69) is 41.3 Å². The maximum absolute atomic E-state index is 12.0. The molecule has 0 bridgehead atoms. The molecule has 0 saturated carbocycles. The number of ether oxygens (including phenoxy) is 2. The van der Waals surface area contributed by atoms with Crippen molar-refractivity contribution < 1.29 is 31.4 Å². The van der Waals surface area contributed by atoms with Gasteiger partial charge in [-0.15, -0.1) is 13.2 Å². The maximum Gasteiger partial charge on any atom is 0.573 e. The molecule has 96 valence electrons. The largest absolute Gasteiger partial charge is 0.573 e. The van der Waals surface area contributed by atoms with Crippen LogP contribution in [0.1, 0.15) is 0 Å². The van der Waals surface area contributed by atoms with Crippen LogP contribution in [-0.2, 0) is 0 Å². The quantitative estimate of drug-likeness (QED) is 0.701. The highest BCUT2D eigenvalue weighted by molar-refractivity contribution is 9.11. The van der Waals surface area contributed by atoms with Gasteiger partial charge in [0.15, 0.2) is 5.75 Å². The van der Waals surface area contributed by atoms with Crippen LogP contribution in [0.2, 0.25) is 0 Å². The van der Waals surface area contributed by atoms with Crippen LogP contribution in [0, 0.1) is 0 Å². The first-order valence-electron chi connectivity index (χ1n) is 3.88. The van der Waals surface area contributed by atoms with Crippen molar-refractivity contribution in [2.45, 2.75) is 13.0 Å². The predicted molar refractivity (Wildman–Crippen MR) is 55.2 cm³/mol. The smallest absolute Gasteiger partial charge is 0.435 e. The molecule has 0 amide bonds. The van der Waals surface area contributed by atoms with Gasteiger partial charge in [-0.2, -0.15) is 8.78 Å². The van der Waals surface area contributed by atoms with Crippen molar-refractivity contribution >= 4 is 31.9 Å². The van der Waals surface area contributed by atoms with Gasteiger partial charge in [0.05, 0.1) is 8.95 Å². The minimum Gasteiger partial charge on any atom is -0.435 e. The lowest BCUT2D eigenvalue weighted by molar-refractivity contribution is -0.275. The number of alkyl halides is 5. The second-order valence-corrected chi connectivity index (χ2v) is 4.35. The van der Waals surface area contributed by atoms with Crippen LogP contribution in [0.3, 0.4) is 0 Å². The summed E-state index contributed by atoms with van der Waals surface area (Å²) in [7, 11) is 0. The Morgan fingerprint density at radius 2 is 1.53 bits per heavy atom. The van der Waals surface area contributed by atoms with Crippen molar-refractivity contribution in [3.05, 3.63) is 21.1 Å². The average Bonchev–Trinajstić information content (AvgIpc) is 2.08. The maximum atomic E-state index is 12.0. The molecule has 9 heteroatoms. The van der Waals surface area contributed by atoms with E-state index in [1.54, 1.807) is 0 Å². The lowest BCUT2D eigenvalue weighted by Crippen LogP contribution is -2.17. The van der Waals surface area contributed by atoms with E-state index in [0.717, 1.165) is 12.1 Å². The Morgan fingerprint density at radius 1 is 1.06 bits per heavy atom. The first-order chi connectivity index (χ1) is 7.69. The summed E-state index contributed by atoms with van der Waals surface area (Å²) in [6, 6.07) is 1.88. The molecule has 1 aromatic rings. The minimum absolute atomic E-state index is 0.167. The molecule has 0 fully saturated rings. The molecular formula is C8H3Br2F5O2. The summed E-state index contributed by atoms with van der Waals surface area (Å²) in [5.74, 6) is -0.868. The zero-order valence-electron chi connectivity index (χ0n) is 7.69. The summed E-state index contributed by atoms with van der Waals surface area (Å²) in [5.41, 5.74) is 0. The molecule has 2 nitrogen and oxygen atoms in total. The minimum atomic E-state index is -4.88. The molecule has 1 aromatic carbocycles. The Bertz CT molecular complexity index is 384. The van der Waals surface area contributed by atoms with Gasteiger partial charge in [0.1, 0.15) is 5.75 Å². The summed E-state index contributed by atoms with van der Waals surface area (Å²) < 4.78 is 67.2. The van der Waals surface area contributed by atoms with Crippen molar-refractivity contribution in [2.24, 2.45) is 0 Å². The molecule has 0 atom stereocenters. The van der Waals surface area contributed by atoms with E-state index in [-0.39, 0.29) is 14.7 Å². The molecule has 0 aliphatic rings. The first-order valence-corrected chi connectivity index (χ1v) is 5.47. The van der Waals surface area contributed by atoms with Gasteiger partial charge in [-0.3, -0.25) is 0 Å². The van der Waals surface area contributed by atoms with E-state index < -0.39 is 18.7 Å². The third-order valence-corrected chi connectivity index (χ3v) is 2.59. The van der Waals surface area contributed by atoms with Crippen LogP contribution in [0.5, 0.6) is 11.5 Å². The third kappa shape index (κ3) is 4.66. The molecule has 0 aliphatic heterocycles. The molecule has 0 heterocycles. The van der Waals surface area contributed by atoms with Crippen molar-refractivity contribution in [2.75, 3.05) is 0 Å². The molecular weight excluding hydrogens is 383 g/mol. The first kappa shape index (κ1) is 14.5. The molecule has 0 spiro atoms. The van der Waals surface area contributed by atoms with Crippen molar-refractivity contribution in [1.29, 1.82) is 0 Å². The number of hydrogen-bond donors (Lipinski definition) is 0. The summed E-state index contributed by atoms with van der Waals surface area (Å²) in [4.78, 5) is 0. The lowest BCUT2D eigenvalue weighted by Gasteiger charge is -2.13. The summed E-state index contributed by atoms with van der Waals surface area (Å²) in [5, 5.41) is 0. The van der Waals surface area contributed by atoms with Gasteiger partial charge in [-0.25, -0.2) is 0 Å². The van der Waals surface area contributed by atoms with Gasteiger partial charge in [0, 0.05) is 0 Å². The summed E-state index contributed by atoms with van der Waals surface area (Å²) in [6.07, 6.45) is -4.88. The van der Waals surface area contributed by atoms with Crippen LogP contribution < -0.4 is 9.47 Å². The van der Waals surface area contributed by atoms with Gasteiger partial charge in [-0.05, 0) is 44.0 Å². The summed E-state index contributed by atoms with van der Waals surface area (Å²) in [6.45, 7) is -3.07. The van der Waals surface area contributed by atoms with Gasteiger partial charge >= 0.3 is 13.0 Å². The van der Waals surface area contributed by atoms with Gasteiger partial charge in [0.2, 0.25) is 0 Å². The second kappa shape index (κ2) is 5.38. The normalized spacial score (nSPS) is 11.8. The highest BCUT2D eigenvalue weighted by Gasteiger charge is 2.33. The molecule has 0 aromatic heterocycles. The highest BCUT2D eigenvalue weighted by Crippen LogP contribution is 2.40. The fourth-order valence-electron chi connectivity index (χ4n) is 0.921. The second-order valence-electron chi connectivity index (χ2n) is 2.64. The van der Waals surface area contributed by atoms with Crippen LogP contribution in [0.15, 0.2) is 21.1 Å². The van der Waals surface area contributed by atoms with Crippen molar-refractivity contribution in [3.63, 3.8) is 0 Å². The number of halogens is 7. The molecule has 0 unspecified atom stereocenters. The van der Waals surface area contributed by atoms with Crippen molar-refractivity contribution in [1.82, 2.24) is 0 Å².